The van der Waals surface area contributed by atoms with E-state index in [4.69, 9.17) is 0 Å². The molecule has 5 nitrogen and oxygen atoms in total. The van der Waals surface area contributed by atoms with Gasteiger partial charge in [0.15, 0.2) is 0 Å². The fraction of sp³-hybridized carbons (Fsp3) is 0.636. The van der Waals surface area contributed by atoms with Crippen molar-refractivity contribution in [3.63, 3.8) is 0 Å². The second kappa shape index (κ2) is 8.87. The Morgan fingerprint density at radius 2 is 1.96 bits per heavy atom. The van der Waals surface area contributed by atoms with E-state index in [0.717, 1.165) is 39.0 Å². The lowest BCUT2D eigenvalue weighted by Crippen LogP contribution is -2.54. The SMILES string of the molecule is CC(C)NC(=O)CCN1CCC[C@@]2(CCC(=O)N(Cc3ccccc3)C2)C1. The maximum Gasteiger partial charge on any atom is 0.222 e. The quantitative estimate of drug-likeness (QED) is 0.837. The number of amides is 2. The number of carbonyl (C=O) groups is 2. The van der Waals surface area contributed by atoms with E-state index in [1.54, 1.807) is 0 Å². The van der Waals surface area contributed by atoms with Crippen molar-refractivity contribution in [1.29, 1.82) is 0 Å². The highest BCUT2D eigenvalue weighted by atomic mass is 16.2. The number of benzene rings is 1. The topological polar surface area (TPSA) is 52.7 Å². The largest absolute Gasteiger partial charge is 0.354 e. The Hall–Kier alpha value is -1.88. The van der Waals surface area contributed by atoms with Gasteiger partial charge in [-0.3, -0.25) is 9.59 Å². The Morgan fingerprint density at radius 3 is 2.70 bits per heavy atom. The molecule has 2 fully saturated rings. The zero-order valence-corrected chi connectivity index (χ0v) is 16.7. The second-order valence-electron chi connectivity index (χ2n) is 8.59. The van der Waals surface area contributed by atoms with Gasteiger partial charge >= 0.3 is 0 Å². The van der Waals surface area contributed by atoms with Gasteiger partial charge < -0.3 is 15.1 Å². The summed E-state index contributed by atoms with van der Waals surface area (Å²) in [5.74, 6) is 0.409. The first-order chi connectivity index (χ1) is 13.0. The summed E-state index contributed by atoms with van der Waals surface area (Å²) in [5.41, 5.74) is 1.39. The Balaban J connectivity index is 1.57. The van der Waals surface area contributed by atoms with Gasteiger partial charge in [0.25, 0.3) is 0 Å². The third kappa shape index (κ3) is 5.55. The lowest BCUT2D eigenvalue weighted by atomic mass is 9.73. The molecule has 2 aliphatic heterocycles. The van der Waals surface area contributed by atoms with Crippen LogP contribution in [-0.2, 0) is 16.1 Å². The molecule has 1 aromatic rings. The van der Waals surface area contributed by atoms with Crippen molar-refractivity contribution in [1.82, 2.24) is 15.1 Å². The van der Waals surface area contributed by atoms with E-state index in [9.17, 15) is 9.59 Å². The smallest absolute Gasteiger partial charge is 0.222 e. The van der Waals surface area contributed by atoms with Crippen molar-refractivity contribution in [3.8, 4) is 0 Å². The van der Waals surface area contributed by atoms with Crippen molar-refractivity contribution in [2.75, 3.05) is 26.2 Å². The van der Waals surface area contributed by atoms with E-state index in [0.29, 0.717) is 19.4 Å². The fourth-order valence-electron chi connectivity index (χ4n) is 4.54. The molecule has 0 aliphatic carbocycles. The molecule has 27 heavy (non-hydrogen) atoms. The number of hydrogen-bond acceptors (Lipinski definition) is 3. The van der Waals surface area contributed by atoms with E-state index in [1.165, 1.54) is 12.0 Å². The van der Waals surface area contributed by atoms with E-state index in [-0.39, 0.29) is 23.3 Å². The molecule has 2 saturated heterocycles. The number of piperidine rings is 2. The van der Waals surface area contributed by atoms with Crippen LogP contribution < -0.4 is 5.32 Å². The molecular formula is C22H33N3O2. The van der Waals surface area contributed by atoms with Gasteiger partial charge in [-0.15, -0.1) is 0 Å². The van der Waals surface area contributed by atoms with Crippen LogP contribution in [0.4, 0.5) is 0 Å². The monoisotopic (exact) mass is 371 g/mol. The van der Waals surface area contributed by atoms with E-state index in [2.05, 4.69) is 22.3 Å². The highest BCUT2D eigenvalue weighted by Crippen LogP contribution is 2.39. The summed E-state index contributed by atoms with van der Waals surface area (Å²) in [7, 11) is 0. The van der Waals surface area contributed by atoms with Gasteiger partial charge in [-0.05, 0) is 45.2 Å². The van der Waals surface area contributed by atoms with Crippen LogP contribution in [-0.4, -0.2) is 53.8 Å². The van der Waals surface area contributed by atoms with Gasteiger partial charge in [0.1, 0.15) is 0 Å². The van der Waals surface area contributed by atoms with Gasteiger partial charge in [-0.25, -0.2) is 0 Å². The molecule has 5 heteroatoms. The second-order valence-corrected chi connectivity index (χ2v) is 8.59. The average molecular weight is 372 g/mol. The van der Waals surface area contributed by atoms with E-state index >= 15 is 0 Å². The Morgan fingerprint density at radius 1 is 1.19 bits per heavy atom. The van der Waals surface area contributed by atoms with Crippen LogP contribution in [0.15, 0.2) is 30.3 Å². The fourth-order valence-corrected chi connectivity index (χ4v) is 4.54. The molecule has 148 valence electrons. The minimum absolute atomic E-state index is 0.133. The molecule has 1 atom stereocenters. The van der Waals surface area contributed by atoms with Crippen molar-refractivity contribution in [3.05, 3.63) is 35.9 Å². The minimum Gasteiger partial charge on any atom is -0.354 e. The highest BCUT2D eigenvalue weighted by Gasteiger charge is 2.41. The van der Waals surface area contributed by atoms with Crippen LogP contribution in [0.3, 0.4) is 0 Å². The third-order valence-corrected chi connectivity index (χ3v) is 5.81. The lowest BCUT2D eigenvalue weighted by Gasteiger charge is -2.48. The number of carbonyl (C=O) groups excluding carboxylic acids is 2. The molecule has 1 spiro atoms. The van der Waals surface area contributed by atoms with Crippen LogP contribution in [0, 0.1) is 5.41 Å². The van der Waals surface area contributed by atoms with Crippen LogP contribution >= 0.6 is 0 Å². The predicted molar refractivity (Wildman–Crippen MR) is 107 cm³/mol. The molecule has 3 rings (SSSR count). The Labute approximate surface area is 163 Å². The highest BCUT2D eigenvalue weighted by molar-refractivity contribution is 5.77. The summed E-state index contributed by atoms with van der Waals surface area (Å²) in [5, 5.41) is 2.98. The summed E-state index contributed by atoms with van der Waals surface area (Å²) in [4.78, 5) is 28.9. The Kier molecular flexibility index (Phi) is 6.53. The molecule has 1 N–H and O–H groups in total. The molecular weight excluding hydrogens is 338 g/mol. The number of rotatable bonds is 6. The van der Waals surface area contributed by atoms with Gasteiger partial charge in [0, 0.05) is 50.5 Å². The molecule has 1 aromatic carbocycles. The zero-order valence-electron chi connectivity index (χ0n) is 16.7. The lowest BCUT2D eigenvalue weighted by molar-refractivity contribution is -0.140. The number of nitrogens with zero attached hydrogens (tertiary/aromatic N) is 2. The average Bonchev–Trinajstić information content (AvgIpc) is 2.64. The van der Waals surface area contributed by atoms with Gasteiger partial charge in [0.2, 0.25) is 11.8 Å². The van der Waals surface area contributed by atoms with Crippen LogP contribution in [0.25, 0.3) is 0 Å². The number of hydrogen-bond donors (Lipinski definition) is 1. The van der Waals surface area contributed by atoms with Crippen LogP contribution in [0.5, 0.6) is 0 Å². The van der Waals surface area contributed by atoms with Crippen LogP contribution in [0.2, 0.25) is 0 Å². The predicted octanol–water partition coefficient (Wildman–Crippen LogP) is 2.81. The summed E-state index contributed by atoms with van der Waals surface area (Å²) >= 11 is 0. The zero-order chi connectivity index (χ0) is 19.3. The Bertz CT molecular complexity index is 646. The molecule has 0 unspecified atom stereocenters. The number of nitrogens with one attached hydrogen (secondary N) is 1. The summed E-state index contributed by atoms with van der Waals surface area (Å²) in [6, 6.07) is 10.5. The molecule has 2 aliphatic rings. The number of likely N-dealkylation sites (tertiary alicyclic amines) is 2. The molecule has 0 aromatic heterocycles. The summed E-state index contributed by atoms with van der Waals surface area (Å²) < 4.78 is 0. The van der Waals surface area contributed by atoms with Crippen LogP contribution in [0.1, 0.15) is 51.5 Å². The first kappa shape index (κ1) is 19.9. The van der Waals surface area contributed by atoms with Crippen molar-refractivity contribution in [2.24, 2.45) is 5.41 Å². The molecule has 0 bridgehead atoms. The summed E-state index contributed by atoms with van der Waals surface area (Å²) in [6.07, 6.45) is 4.51. The minimum atomic E-state index is 0.133. The molecule has 2 amide bonds. The van der Waals surface area contributed by atoms with Crippen molar-refractivity contribution < 1.29 is 9.59 Å². The van der Waals surface area contributed by atoms with E-state index < -0.39 is 0 Å². The maximum absolute atomic E-state index is 12.5. The summed E-state index contributed by atoms with van der Waals surface area (Å²) in [6.45, 7) is 8.41. The molecule has 0 radical (unpaired) electrons. The normalized spacial score (nSPS) is 23.8. The van der Waals surface area contributed by atoms with Gasteiger partial charge in [0.05, 0.1) is 0 Å². The van der Waals surface area contributed by atoms with Crippen molar-refractivity contribution in [2.45, 2.75) is 58.5 Å². The third-order valence-electron chi connectivity index (χ3n) is 5.81. The van der Waals surface area contributed by atoms with Gasteiger partial charge in [-0.2, -0.15) is 0 Å². The standard InChI is InChI=1S/C22H33N3O2/c1-18(2)23-20(26)10-14-24-13-6-11-22(16-24)12-9-21(27)25(17-22)15-19-7-4-3-5-8-19/h3-5,7-8,18H,6,9-17H2,1-2H3,(H,23,26)/t22-/m1/s1. The van der Waals surface area contributed by atoms with Gasteiger partial charge in [-0.1, -0.05) is 30.3 Å². The first-order valence-corrected chi connectivity index (χ1v) is 10.3. The maximum atomic E-state index is 12.5. The first-order valence-electron chi connectivity index (χ1n) is 10.3. The van der Waals surface area contributed by atoms with Crippen molar-refractivity contribution >= 4 is 11.8 Å². The van der Waals surface area contributed by atoms with E-state index in [1.807, 2.05) is 36.9 Å². The molecule has 2 heterocycles. The molecule has 0 saturated carbocycles.